The van der Waals surface area contributed by atoms with Crippen LogP contribution in [0.15, 0.2) is 38.8 Å². The van der Waals surface area contributed by atoms with Crippen LogP contribution in [0.4, 0.5) is 0 Å². The van der Waals surface area contributed by atoms with Crippen molar-refractivity contribution in [3.05, 3.63) is 55.5 Å². The average molecular weight is 447 g/mol. The van der Waals surface area contributed by atoms with Gasteiger partial charge in [0.1, 0.15) is 0 Å². The Bertz CT molecular complexity index is 723. The fraction of sp³-hybridized carbons (Fsp3) is 0.450. The van der Waals surface area contributed by atoms with Crippen molar-refractivity contribution in [3.63, 3.8) is 0 Å². The van der Waals surface area contributed by atoms with Crippen LogP contribution in [0, 0.1) is 19.8 Å². The Balaban J connectivity index is 0.00000312. The Labute approximate surface area is 178 Å². The number of halogens is 2. The molecule has 0 saturated carbocycles. The minimum absolute atomic E-state index is 0. The molecule has 1 N–H and O–H groups in total. The fourth-order valence-electron chi connectivity index (χ4n) is 3.62. The molecule has 6 heteroatoms. The predicted molar refractivity (Wildman–Crippen MR) is 102 cm³/mol. The van der Waals surface area contributed by atoms with Crippen LogP contribution in [0.25, 0.3) is 0 Å². The molecule has 1 unspecified atom stereocenters. The van der Waals surface area contributed by atoms with Gasteiger partial charge in [0.25, 0.3) is 0 Å². The summed E-state index contributed by atoms with van der Waals surface area (Å²) < 4.78 is 5.14. The maximum atomic E-state index is 12.9. The average Bonchev–Trinajstić information content (AvgIpc) is 2.67. The molecule has 0 bridgehead atoms. The van der Waals surface area contributed by atoms with Gasteiger partial charge in [0.05, 0.1) is 0 Å². The van der Waals surface area contributed by atoms with Gasteiger partial charge in [-0.15, -0.1) is 0 Å². The van der Waals surface area contributed by atoms with Gasteiger partial charge in [-0.3, -0.25) is 0 Å². The molecule has 0 aromatic heterocycles. The number of allylic oxidation sites excluding steroid dienone is 4. The predicted octanol–water partition coefficient (Wildman–Crippen LogP) is -1.18. The number of benzene rings is 1. The second-order valence-electron chi connectivity index (χ2n) is 7.47. The zero-order chi connectivity index (χ0) is 18.2. The van der Waals surface area contributed by atoms with Crippen molar-refractivity contribution in [1.29, 1.82) is 0 Å². The van der Waals surface area contributed by atoms with Gasteiger partial charge in [-0.2, -0.15) is 0 Å². The summed E-state index contributed by atoms with van der Waals surface area (Å²) >= 11 is -1.76. The largest absolute Gasteiger partial charge is 1.00 e. The number of nitrogens with one attached hydrogen (secondary N) is 1. The van der Waals surface area contributed by atoms with Gasteiger partial charge < -0.3 is 24.8 Å². The third-order valence-corrected chi connectivity index (χ3v) is 16.6. The van der Waals surface area contributed by atoms with Gasteiger partial charge in [0, 0.05) is 0 Å². The van der Waals surface area contributed by atoms with Crippen molar-refractivity contribution >= 4 is 12.6 Å². The van der Waals surface area contributed by atoms with Crippen molar-refractivity contribution in [2.75, 3.05) is 0 Å². The minimum Gasteiger partial charge on any atom is -1.00 e. The van der Waals surface area contributed by atoms with Gasteiger partial charge in [0.2, 0.25) is 0 Å². The van der Waals surface area contributed by atoms with E-state index in [9.17, 15) is 4.79 Å². The van der Waals surface area contributed by atoms with E-state index in [0.717, 1.165) is 16.7 Å². The van der Waals surface area contributed by atoms with Crippen molar-refractivity contribution in [3.8, 4) is 0 Å². The van der Waals surface area contributed by atoms with Gasteiger partial charge in [-0.25, -0.2) is 0 Å². The summed E-state index contributed by atoms with van der Waals surface area (Å²) in [4.78, 5) is 12.9. The Morgan fingerprint density at radius 3 is 1.85 bits per heavy atom. The number of rotatable bonds is 4. The van der Waals surface area contributed by atoms with E-state index < -0.39 is 24.0 Å². The van der Waals surface area contributed by atoms with Crippen LogP contribution in [0.1, 0.15) is 49.2 Å². The van der Waals surface area contributed by atoms with Gasteiger partial charge in [-0.05, 0) is 0 Å². The zero-order valence-electron chi connectivity index (χ0n) is 17.1. The standard InChI is InChI=1S/C9H11NO.C9H13.C2H7Si.2ClH.Ti/c1-6-3-7(2)5-8(4-6)9(10)11;1-6-5-7(2)9(4)8(6)3;1-3-2;;;/h3-5H,1-2H3,(H2,10,11);6H,1-4H3;3H,1-2H3;2*1H;/q;;;;;+3/p-3. The molecule has 2 nitrogen and oxygen atoms in total. The fourth-order valence-corrected chi connectivity index (χ4v) is 14.1. The summed E-state index contributed by atoms with van der Waals surface area (Å²) in [5.74, 6) is 0.641. The number of amides is 1. The van der Waals surface area contributed by atoms with E-state index in [4.69, 9.17) is 0 Å². The molecule has 1 aromatic carbocycles. The molecule has 0 saturated heterocycles. The first-order valence-corrected chi connectivity index (χ1v) is 15.9. The second kappa shape index (κ2) is 10.3. The van der Waals surface area contributed by atoms with Crippen molar-refractivity contribution in [2.24, 2.45) is 5.92 Å². The van der Waals surface area contributed by atoms with Crippen LogP contribution in [0.3, 0.4) is 0 Å². The number of hydrogen-bond donors (Lipinski definition) is 1. The molecule has 0 spiro atoms. The topological polar surface area (TPSA) is 29.1 Å². The Kier molecular flexibility index (Phi) is 10.2. The molecule has 1 amide bonds. The summed E-state index contributed by atoms with van der Waals surface area (Å²) in [6.07, 6.45) is 0. The molecule has 2 rings (SSSR count). The smallest absolute Gasteiger partial charge is 1.00 e. The molecular weight excluding hydrogens is 417 g/mol. The third-order valence-electron chi connectivity index (χ3n) is 5.24. The van der Waals surface area contributed by atoms with Crippen molar-refractivity contribution in [2.45, 2.75) is 54.6 Å². The zero-order valence-corrected chi connectivity index (χ0v) is 21.3. The molecule has 1 aliphatic rings. The van der Waals surface area contributed by atoms with Gasteiger partial charge in [0.15, 0.2) is 0 Å². The van der Waals surface area contributed by atoms with Crippen LogP contribution >= 0.6 is 0 Å². The second-order valence-corrected chi connectivity index (χ2v) is 20.1. The number of hydrogen-bond acceptors (Lipinski definition) is 1. The number of aryl methyl sites for hydroxylation is 2. The first kappa shape index (κ1) is 25.7. The maximum absolute atomic E-state index is 12.9. The van der Waals surface area contributed by atoms with E-state index in [1.54, 1.807) is 3.88 Å². The molecule has 0 fully saturated rings. The van der Waals surface area contributed by atoms with Crippen LogP contribution in [-0.4, -0.2) is 12.6 Å². The van der Waals surface area contributed by atoms with E-state index in [1.165, 1.54) is 16.7 Å². The monoisotopic (exact) mass is 446 g/mol. The van der Waals surface area contributed by atoms with E-state index >= 15 is 0 Å². The van der Waals surface area contributed by atoms with Gasteiger partial charge >= 0.3 is 155 Å². The van der Waals surface area contributed by atoms with Crippen LogP contribution in [0.5, 0.6) is 0 Å². The molecule has 143 valence electrons. The molecule has 1 atom stereocenters. The molecule has 1 aliphatic carbocycles. The van der Waals surface area contributed by atoms with Crippen molar-refractivity contribution < 1.29 is 47.0 Å². The summed E-state index contributed by atoms with van der Waals surface area (Å²) in [7, 11) is 0. The molecule has 0 aliphatic heterocycles. The summed E-state index contributed by atoms with van der Waals surface area (Å²) in [6.45, 7) is 17.0. The minimum atomic E-state index is -1.76. The van der Waals surface area contributed by atoms with E-state index in [0.29, 0.717) is 5.92 Å². The molecule has 0 radical (unpaired) electrons. The van der Waals surface area contributed by atoms with Crippen LogP contribution in [0.2, 0.25) is 13.1 Å². The molecule has 26 heavy (non-hydrogen) atoms. The maximum Gasteiger partial charge on any atom is -1.00 e. The summed E-state index contributed by atoms with van der Waals surface area (Å²) in [6, 6.07) is 6.13. The van der Waals surface area contributed by atoms with Crippen LogP contribution in [-0.2, 0) is 17.4 Å². The number of carbonyl (C=O) groups is 1. The number of carbonyl (C=O) groups excluding carboxylic acids is 1. The van der Waals surface area contributed by atoms with Gasteiger partial charge in [-0.1, -0.05) is 0 Å². The normalized spacial score (nSPS) is 16.4. The first-order chi connectivity index (χ1) is 11.1. The molecule has 0 heterocycles. The Morgan fingerprint density at radius 1 is 0.962 bits per heavy atom. The van der Waals surface area contributed by atoms with E-state index in [2.05, 4.69) is 64.5 Å². The van der Waals surface area contributed by atoms with Crippen molar-refractivity contribution in [1.82, 2.24) is 3.80 Å². The quantitative estimate of drug-likeness (QED) is 0.579. The summed E-state index contributed by atoms with van der Waals surface area (Å²) in [5.41, 5.74) is 7.51. The summed E-state index contributed by atoms with van der Waals surface area (Å²) in [5, 5.41) is 0. The molecular formula is C20H30Cl2NOSiTi. The van der Waals surface area contributed by atoms with Crippen LogP contribution < -0.4 is 28.6 Å². The van der Waals surface area contributed by atoms with E-state index in [-0.39, 0.29) is 30.7 Å². The Morgan fingerprint density at radius 2 is 1.46 bits per heavy atom. The SMILES string of the molecule is CC1=C(C)C(C)[C]([Ti+2]([NH]C(=O)c2cc(C)cc(C)c2)[SiH](C)C)=C1C.[Cl-].[Cl-]. The third kappa shape index (κ3) is 5.36. The van der Waals surface area contributed by atoms with E-state index in [1.807, 2.05) is 12.1 Å². The first-order valence-electron chi connectivity index (χ1n) is 8.78. The Hall–Kier alpha value is -0.319. The molecule has 1 aromatic rings.